The first-order valence-corrected chi connectivity index (χ1v) is 5.77. The Hall–Kier alpha value is -1.37. The first kappa shape index (κ1) is 12.1. The van der Waals surface area contributed by atoms with E-state index in [1.165, 1.54) is 12.1 Å². The summed E-state index contributed by atoms with van der Waals surface area (Å²) < 4.78 is 18.8. The number of aliphatic hydroxyl groups excluding tert-OH is 1. The van der Waals surface area contributed by atoms with Gasteiger partial charge in [0.1, 0.15) is 11.9 Å². The van der Waals surface area contributed by atoms with Crippen LogP contribution in [0.15, 0.2) is 18.2 Å². The minimum absolute atomic E-state index is 0.00824. The van der Waals surface area contributed by atoms with E-state index in [0.717, 1.165) is 25.0 Å². The molecule has 1 N–H and O–H groups in total. The summed E-state index contributed by atoms with van der Waals surface area (Å²) in [4.78, 5) is 0. The molecule has 0 aliphatic carbocycles. The third-order valence-corrected chi connectivity index (χ3v) is 2.71. The molecule has 1 aliphatic rings. The normalized spacial score (nSPS) is 20.8. The number of hydrogen-bond acceptors (Lipinski definition) is 2. The van der Waals surface area contributed by atoms with Crippen molar-refractivity contribution < 1.29 is 14.2 Å². The largest absolute Gasteiger partial charge is 0.381 e. The smallest absolute Gasteiger partial charge is 0.124 e. The van der Waals surface area contributed by atoms with Crippen molar-refractivity contribution in [3.63, 3.8) is 0 Å². The Balaban J connectivity index is 2.34. The van der Waals surface area contributed by atoms with Crippen LogP contribution in [-0.4, -0.2) is 17.8 Å². The number of hydrogen-bond donors (Lipinski definition) is 1. The summed E-state index contributed by atoms with van der Waals surface area (Å²) in [6.45, 7) is 2.32. The van der Waals surface area contributed by atoms with E-state index >= 15 is 0 Å². The van der Waals surface area contributed by atoms with Gasteiger partial charge in [-0.05, 0) is 37.5 Å². The Kier molecular flexibility index (Phi) is 3.78. The van der Waals surface area contributed by atoms with Gasteiger partial charge in [0.2, 0.25) is 0 Å². The predicted octanol–water partition coefficient (Wildman–Crippen LogP) is 2.41. The van der Waals surface area contributed by atoms with Gasteiger partial charge >= 0.3 is 0 Å². The minimum atomic E-state index is -0.712. The zero-order valence-corrected chi connectivity index (χ0v) is 9.74. The van der Waals surface area contributed by atoms with Gasteiger partial charge in [0.05, 0.1) is 6.10 Å². The van der Waals surface area contributed by atoms with Crippen molar-refractivity contribution in [1.82, 2.24) is 0 Å². The zero-order valence-electron chi connectivity index (χ0n) is 9.74. The van der Waals surface area contributed by atoms with Gasteiger partial charge in [0.15, 0.2) is 0 Å². The number of aliphatic hydroxyl groups is 1. The van der Waals surface area contributed by atoms with Gasteiger partial charge in [-0.15, -0.1) is 0 Å². The summed E-state index contributed by atoms with van der Waals surface area (Å²) in [5.74, 6) is 5.13. The molecule has 1 saturated heterocycles. The number of benzene rings is 1. The van der Waals surface area contributed by atoms with Crippen LogP contribution in [0.1, 0.15) is 37.0 Å². The van der Waals surface area contributed by atoms with Crippen LogP contribution in [0.5, 0.6) is 0 Å². The van der Waals surface area contributed by atoms with Gasteiger partial charge in [-0.2, -0.15) is 0 Å². The van der Waals surface area contributed by atoms with E-state index in [2.05, 4.69) is 11.8 Å². The molecular formula is C14H15FO2. The van der Waals surface area contributed by atoms with Gasteiger partial charge < -0.3 is 9.84 Å². The monoisotopic (exact) mass is 234 g/mol. The Morgan fingerprint density at radius 3 is 3.00 bits per heavy atom. The lowest BCUT2D eigenvalue weighted by Gasteiger charge is -2.12. The molecule has 1 aromatic carbocycles. The SMILES string of the molecule is C[C@H](O)C#Cc1cc(F)ccc1[C@@H]1CCCO1. The summed E-state index contributed by atoms with van der Waals surface area (Å²) in [5.41, 5.74) is 1.52. The number of ether oxygens (including phenoxy) is 1. The van der Waals surface area contributed by atoms with Crippen LogP contribution < -0.4 is 0 Å². The van der Waals surface area contributed by atoms with Gasteiger partial charge in [0, 0.05) is 12.2 Å². The molecule has 0 bridgehead atoms. The second-order valence-corrected chi connectivity index (χ2v) is 4.18. The van der Waals surface area contributed by atoms with E-state index in [4.69, 9.17) is 9.84 Å². The van der Waals surface area contributed by atoms with Crippen molar-refractivity contribution in [2.24, 2.45) is 0 Å². The maximum absolute atomic E-state index is 13.2. The molecule has 2 atom stereocenters. The van der Waals surface area contributed by atoms with E-state index in [0.29, 0.717) is 5.56 Å². The molecule has 0 radical (unpaired) electrons. The average Bonchev–Trinajstić information content (AvgIpc) is 2.80. The molecule has 0 saturated carbocycles. The molecule has 0 unspecified atom stereocenters. The average molecular weight is 234 g/mol. The van der Waals surface area contributed by atoms with Gasteiger partial charge in [0.25, 0.3) is 0 Å². The number of rotatable bonds is 1. The van der Waals surface area contributed by atoms with Gasteiger partial charge in [-0.3, -0.25) is 0 Å². The summed E-state index contributed by atoms with van der Waals surface area (Å²) in [7, 11) is 0. The molecule has 1 heterocycles. The molecule has 3 heteroatoms. The molecule has 1 aliphatic heterocycles. The second kappa shape index (κ2) is 5.31. The molecule has 1 fully saturated rings. The summed E-state index contributed by atoms with van der Waals surface area (Å²) in [6.07, 6.45) is 1.25. The standard InChI is InChI=1S/C14H15FO2/c1-10(16)4-5-11-9-12(15)6-7-13(11)14-3-2-8-17-14/h6-7,9-10,14,16H,2-3,8H2,1H3/t10-,14-/m0/s1. The fourth-order valence-electron chi connectivity index (χ4n) is 1.92. The van der Waals surface area contributed by atoms with Gasteiger partial charge in [-0.1, -0.05) is 17.9 Å². The lowest BCUT2D eigenvalue weighted by molar-refractivity contribution is 0.111. The van der Waals surface area contributed by atoms with E-state index in [1.54, 1.807) is 13.0 Å². The zero-order chi connectivity index (χ0) is 12.3. The summed E-state index contributed by atoms with van der Waals surface area (Å²) >= 11 is 0. The second-order valence-electron chi connectivity index (χ2n) is 4.18. The molecule has 0 aromatic heterocycles. The fraction of sp³-hybridized carbons (Fsp3) is 0.429. The van der Waals surface area contributed by atoms with Crippen molar-refractivity contribution >= 4 is 0 Å². The highest BCUT2D eigenvalue weighted by Gasteiger charge is 2.20. The van der Waals surface area contributed by atoms with E-state index in [9.17, 15) is 4.39 Å². The van der Waals surface area contributed by atoms with Crippen LogP contribution in [0.25, 0.3) is 0 Å². The van der Waals surface area contributed by atoms with Gasteiger partial charge in [-0.25, -0.2) is 4.39 Å². The third kappa shape index (κ3) is 3.06. The molecule has 1 aromatic rings. The highest BCUT2D eigenvalue weighted by molar-refractivity contribution is 5.43. The Morgan fingerprint density at radius 2 is 2.35 bits per heavy atom. The highest BCUT2D eigenvalue weighted by atomic mass is 19.1. The van der Waals surface area contributed by atoms with Crippen LogP contribution in [-0.2, 0) is 4.74 Å². The highest BCUT2D eigenvalue weighted by Crippen LogP contribution is 2.30. The van der Waals surface area contributed by atoms with Crippen LogP contribution in [0.4, 0.5) is 4.39 Å². The summed E-state index contributed by atoms with van der Waals surface area (Å²) in [6, 6.07) is 4.54. The van der Waals surface area contributed by atoms with Crippen molar-refractivity contribution in [3.05, 3.63) is 35.1 Å². The maximum Gasteiger partial charge on any atom is 0.124 e. The molecule has 0 spiro atoms. The molecule has 2 nitrogen and oxygen atoms in total. The Morgan fingerprint density at radius 1 is 1.53 bits per heavy atom. The molecular weight excluding hydrogens is 219 g/mol. The number of halogens is 1. The van der Waals surface area contributed by atoms with Crippen LogP contribution in [0.2, 0.25) is 0 Å². The Labute approximate surface area is 100 Å². The van der Waals surface area contributed by atoms with Crippen LogP contribution in [0.3, 0.4) is 0 Å². The van der Waals surface area contributed by atoms with Crippen molar-refractivity contribution in [2.45, 2.75) is 32.0 Å². The van der Waals surface area contributed by atoms with Crippen LogP contribution >= 0.6 is 0 Å². The van der Waals surface area contributed by atoms with Crippen molar-refractivity contribution in [3.8, 4) is 11.8 Å². The topological polar surface area (TPSA) is 29.5 Å². The van der Waals surface area contributed by atoms with Crippen molar-refractivity contribution in [2.75, 3.05) is 6.61 Å². The first-order chi connectivity index (χ1) is 8.16. The summed E-state index contributed by atoms with van der Waals surface area (Å²) in [5, 5.41) is 9.14. The third-order valence-electron chi connectivity index (χ3n) is 2.71. The van der Waals surface area contributed by atoms with E-state index in [1.807, 2.05) is 0 Å². The molecule has 2 rings (SSSR count). The maximum atomic E-state index is 13.2. The first-order valence-electron chi connectivity index (χ1n) is 5.77. The van der Waals surface area contributed by atoms with E-state index < -0.39 is 6.10 Å². The molecule has 90 valence electrons. The Bertz CT molecular complexity index is 451. The lowest BCUT2D eigenvalue weighted by Crippen LogP contribution is -2.00. The molecule has 0 amide bonds. The quantitative estimate of drug-likeness (QED) is 0.756. The lowest BCUT2D eigenvalue weighted by atomic mass is 10.0. The minimum Gasteiger partial charge on any atom is -0.381 e. The molecule has 17 heavy (non-hydrogen) atoms. The van der Waals surface area contributed by atoms with E-state index in [-0.39, 0.29) is 11.9 Å². The van der Waals surface area contributed by atoms with Crippen LogP contribution in [0, 0.1) is 17.7 Å². The fourth-order valence-corrected chi connectivity index (χ4v) is 1.92. The predicted molar refractivity (Wildman–Crippen MR) is 62.9 cm³/mol. The van der Waals surface area contributed by atoms with Crippen molar-refractivity contribution in [1.29, 1.82) is 0 Å².